The zero-order valence-electron chi connectivity index (χ0n) is 13.4. The second-order valence-corrected chi connectivity index (χ2v) is 7.16. The van der Waals surface area contributed by atoms with E-state index in [0.717, 1.165) is 16.9 Å². The van der Waals surface area contributed by atoms with Crippen LogP contribution in [0, 0.1) is 0 Å². The Labute approximate surface area is 151 Å². The molecule has 122 valence electrons. The molecule has 0 N–H and O–H groups in total. The van der Waals surface area contributed by atoms with Crippen LogP contribution in [-0.4, -0.2) is 22.2 Å². The van der Waals surface area contributed by atoms with Crippen LogP contribution in [0.4, 0.5) is 0 Å². The van der Waals surface area contributed by atoms with E-state index in [2.05, 4.69) is 0 Å². The lowest BCUT2D eigenvalue weighted by atomic mass is 10.1. The summed E-state index contributed by atoms with van der Waals surface area (Å²) in [6.07, 6.45) is 1.83. The molecule has 0 spiro atoms. The molecule has 1 heterocycles. The summed E-state index contributed by atoms with van der Waals surface area (Å²) in [5.74, 6) is 0.745. The number of benzene rings is 2. The number of hydrogen-bond acceptors (Lipinski definition) is 4. The minimum absolute atomic E-state index is 0.0200. The van der Waals surface area contributed by atoms with E-state index < -0.39 is 0 Å². The van der Waals surface area contributed by atoms with Gasteiger partial charge in [-0.15, -0.1) is 0 Å². The molecular weight excluding hydrogens is 338 g/mol. The number of amides is 1. The van der Waals surface area contributed by atoms with Gasteiger partial charge in [0, 0.05) is 7.05 Å². The normalized spacial score (nSPS) is 17.4. The number of hydrogen-bond donors (Lipinski definition) is 0. The van der Waals surface area contributed by atoms with Crippen molar-refractivity contribution in [2.75, 3.05) is 7.05 Å². The highest BCUT2D eigenvalue weighted by atomic mass is 32.2. The molecule has 1 atom stereocenters. The Bertz CT molecular complexity index is 785. The van der Waals surface area contributed by atoms with Crippen molar-refractivity contribution in [2.24, 2.45) is 0 Å². The molecule has 5 heteroatoms. The molecule has 0 unspecified atom stereocenters. The van der Waals surface area contributed by atoms with Gasteiger partial charge in [-0.2, -0.15) is 0 Å². The van der Waals surface area contributed by atoms with Crippen molar-refractivity contribution in [1.82, 2.24) is 4.90 Å². The number of likely N-dealkylation sites (N-methyl/N-ethyl adjacent to an activating group) is 1. The van der Waals surface area contributed by atoms with Gasteiger partial charge in [0.05, 0.1) is 4.91 Å². The number of nitrogens with zero attached hydrogens (tertiary/aromatic N) is 1. The van der Waals surface area contributed by atoms with E-state index in [1.165, 1.54) is 16.7 Å². The summed E-state index contributed by atoms with van der Waals surface area (Å²) in [5.41, 5.74) is 2.08. The van der Waals surface area contributed by atoms with E-state index >= 15 is 0 Å². The molecule has 3 rings (SSSR count). The molecule has 0 radical (unpaired) electrons. The van der Waals surface area contributed by atoms with Crippen LogP contribution in [0.25, 0.3) is 6.08 Å². The summed E-state index contributed by atoms with van der Waals surface area (Å²) < 4.78 is 6.54. The molecule has 1 aliphatic heterocycles. The molecule has 2 aromatic carbocycles. The van der Waals surface area contributed by atoms with E-state index in [9.17, 15) is 4.79 Å². The number of ether oxygens (including phenoxy) is 1. The summed E-state index contributed by atoms with van der Waals surface area (Å²) in [4.78, 5) is 14.2. The Balaban J connectivity index is 1.70. The Kier molecular flexibility index (Phi) is 5.02. The number of thiocarbonyl (C=S) groups is 1. The zero-order chi connectivity index (χ0) is 17.1. The number of carbonyl (C=O) groups is 1. The van der Waals surface area contributed by atoms with Gasteiger partial charge in [0.2, 0.25) is 0 Å². The van der Waals surface area contributed by atoms with Gasteiger partial charge < -0.3 is 4.74 Å². The molecule has 0 aromatic heterocycles. The molecule has 0 bridgehead atoms. The molecule has 3 nitrogen and oxygen atoms in total. The Morgan fingerprint density at radius 3 is 2.38 bits per heavy atom. The Hall–Kier alpha value is -2.11. The maximum Gasteiger partial charge on any atom is 0.265 e. The van der Waals surface area contributed by atoms with Gasteiger partial charge in [-0.05, 0) is 36.3 Å². The number of carbonyl (C=O) groups excluding carboxylic acids is 1. The van der Waals surface area contributed by atoms with Crippen molar-refractivity contribution in [3.05, 3.63) is 70.6 Å². The highest BCUT2D eigenvalue weighted by molar-refractivity contribution is 8.26. The molecule has 0 saturated carbocycles. The van der Waals surface area contributed by atoms with Crippen LogP contribution in [0.5, 0.6) is 5.75 Å². The van der Waals surface area contributed by atoms with Crippen molar-refractivity contribution >= 4 is 40.3 Å². The van der Waals surface area contributed by atoms with Crippen LogP contribution >= 0.6 is 24.0 Å². The van der Waals surface area contributed by atoms with Gasteiger partial charge in [-0.3, -0.25) is 9.69 Å². The lowest BCUT2D eigenvalue weighted by Gasteiger charge is -2.15. The van der Waals surface area contributed by atoms with Gasteiger partial charge in [-0.25, -0.2) is 0 Å². The second-order valence-electron chi connectivity index (χ2n) is 5.48. The van der Waals surface area contributed by atoms with Gasteiger partial charge in [-0.1, -0.05) is 66.4 Å². The SMILES string of the molecule is C[C@@H](Oc1ccc(/C=C2/SC(=S)N(C)C2=O)cc1)c1ccccc1. The maximum absolute atomic E-state index is 12.0. The standard InChI is InChI=1S/C19H17NO2S2/c1-13(15-6-4-3-5-7-15)22-16-10-8-14(9-11-16)12-17-18(21)20(2)19(23)24-17/h3-13H,1-2H3/b17-12+/t13-/m1/s1. The highest BCUT2D eigenvalue weighted by Crippen LogP contribution is 2.31. The van der Waals surface area contributed by atoms with Crippen molar-refractivity contribution in [1.29, 1.82) is 0 Å². The average molecular weight is 355 g/mol. The number of rotatable bonds is 4. The molecule has 1 amide bonds. The van der Waals surface area contributed by atoms with Crippen LogP contribution in [0.15, 0.2) is 59.5 Å². The first-order valence-corrected chi connectivity index (χ1v) is 8.80. The number of thioether (sulfide) groups is 1. The predicted molar refractivity (Wildman–Crippen MR) is 103 cm³/mol. The van der Waals surface area contributed by atoms with Crippen molar-refractivity contribution < 1.29 is 9.53 Å². The van der Waals surface area contributed by atoms with Gasteiger partial charge >= 0.3 is 0 Å². The van der Waals surface area contributed by atoms with Crippen LogP contribution in [0.2, 0.25) is 0 Å². The summed E-state index contributed by atoms with van der Waals surface area (Å²) in [6.45, 7) is 2.02. The smallest absolute Gasteiger partial charge is 0.265 e. The topological polar surface area (TPSA) is 29.5 Å². The molecule has 0 aliphatic carbocycles. The lowest BCUT2D eigenvalue weighted by molar-refractivity contribution is -0.121. The molecule has 2 aromatic rings. The third kappa shape index (κ3) is 3.68. The van der Waals surface area contributed by atoms with Crippen LogP contribution < -0.4 is 4.74 Å². The van der Waals surface area contributed by atoms with Crippen molar-refractivity contribution in [3.63, 3.8) is 0 Å². The molecular formula is C19H17NO2S2. The van der Waals surface area contributed by atoms with Crippen LogP contribution in [0.3, 0.4) is 0 Å². The fraction of sp³-hybridized carbons (Fsp3) is 0.158. The molecule has 1 fully saturated rings. The second kappa shape index (κ2) is 7.20. The summed E-state index contributed by atoms with van der Waals surface area (Å²) in [5, 5.41) is 0. The van der Waals surface area contributed by atoms with Crippen molar-refractivity contribution in [2.45, 2.75) is 13.0 Å². The van der Waals surface area contributed by atoms with E-state index in [-0.39, 0.29) is 12.0 Å². The van der Waals surface area contributed by atoms with E-state index in [1.807, 2.05) is 67.6 Å². The highest BCUT2D eigenvalue weighted by Gasteiger charge is 2.28. The summed E-state index contributed by atoms with van der Waals surface area (Å²) in [7, 11) is 1.69. The first kappa shape index (κ1) is 16.7. The third-order valence-corrected chi connectivity index (χ3v) is 5.23. The van der Waals surface area contributed by atoms with E-state index in [1.54, 1.807) is 7.05 Å². The van der Waals surface area contributed by atoms with Crippen LogP contribution in [-0.2, 0) is 4.79 Å². The largest absolute Gasteiger partial charge is 0.486 e. The Morgan fingerprint density at radius 2 is 1.79 bits per heavy atom. The predicted octanol–water partition coefficient (Wildman–Crippen LogP) is 4.66. The van der Waals surface area contributed by atoms with Crippen molar-refractivity contribution in [3.8, 4) is 5.75 Å². The van der Waals surface area contributed by atoms with Crippen LogP contribution in [0.1, 0.15) is 24.2 Å². The average Bonchev–Trinajstić information content (AvgIpc) is 2.84. The summed E-state index contributed by atoms with van der Waals surface area (Å²) in [6, 6.07) is 17.8. The first-order valence-electron chi connectivity index (χ1n) is 7.58. The monoisotopic (exact) mass is 355 g/mol. The van der Waals surface area contributed by atoms with E-state index in [0.29, 0.717) is 9.23 Å². The molecule has 24 heavy (non-hydrogen) atoms. The zero-order valence-corrected chi connectivity index (χ0v) is 15.1. The fourth-order valence-corrected chi connectivity index (χ4v) is 3.52. The summed E-state index contributed by atoms with van der Waals surface area (Å²) >= 11 is 6.46. The minimum Gasteiger partial charge on any atom is -0.486 e. The lowest BCUT2D eigenvalue weighted by Crippen LogP contribution is -2.22. The maximum atomic E-state index is 12.0. The molecule has 1 saturated heterocycles. The minimum atomic E-state index is -0.0528. The molecule has 1 aliphatic rings. The van der Waals surface area contributed by atoms with E-state index in [4.69, 9.17) is 17.0 Å². The quantitative estimate of drug-likeness (QED) is 0.589. The fourth-order valence-electron chi connectivity index (χ4n) is 2.34. The Morgan fingerprint density at radius 1 is 1.12 bits per heavy atom. The van der Waals surface area contributed by atoms with Gasteiger partial charge in [0.25, 0.3) is 5.91 Å². The third-order valence-electron chi connectivity index (χ3n) is 3.75. The van der Waals surface area contributed by atoms with Gasteiger partial charge in [0.1, 0.15) is 16.2 Å². The first-order chi connectivity index (χ1) is 11.5. The van der Waals surface area contributed by atoms with Gasteiger partial charge in [0.15, 0.2) is 0 Å².